The Labute approximate surface area is 103 Å². The standard InChI is InChI=1S/C11H12F2N2O2Si/c1-18(2,3)8-7(12)6-4-5-15(11(16)17)10(6)14-9(8)13/h4-5H,1-3H3,(H,16,17). The fourth-order valence-corrected chi connectivity index (χ4v) is 3.34. The Hall–Kier alpha value is -1.76. The van der Waals surface area contributed by atoms with Gasteiger partial charge in [0.1, 0.15) is 5.82 Å². The number of carboxylic acid groups (broad SMARTS) is 1. The minimum absolute atomic E-state index is 0.00172. The molecule has 96 valence electrons. The van der Waals surface area contributed by atoms with Crippen LogP contribution >= 0.6 is 0 Å². The van der Waals surface area contributed by atoms with Crippen molar-refractivity contribution in [3.8, 4) is 0 Å². The maximum absolute atomic E-state index is 14.3. The molecule has 0 aromatic carbocycles. The van der Waals surface area contributed by atoms with Gasteiger partial charge in [-0.1, -0.05) is 19.6 Å². The average Bonchev–Trinajstić information content (AvgIpc) is 2.58. The van der Waals surface area contributed by atoms with Gasteiger partial charge in [-0.15, -0.1) is 0 Å². The molecule has 7 heteroatoms. The van der Waals surface area contributed by atoms with Gasteiger partial charge in [-0.2, -0.15) is 4.39 Å². The van der Waals surface area contributed by atoms with Crippen LogP contribution < -0.4 is 5.19 Å². The molecule has 0 aliphatic rings. The predicted molar refractivity (Wildman–Crippen MR) is 66.1 cm³/mol. The zero-order chi connectivity index (χ0) is 13.7. The second kappa shape index (κ2) is 3.87. The summed E-state index contributed by atoms with van der Waals surface area (Å²) in [5, 5.41) is 8.91. The number of fused-ring (bicyclic) bond motifs is 1. The summed E-state index contributed by atoms with van der Waals surface area (Å²) >= 11 is 0. The van der Waals surface area contributed by atoms with Crippen LogP contribution in [0.1, 0.15) is 0 Å². The van der Waals surface area contributed by atoms with Crippen molar-refractivity contribution in [1.29, 1.82) is 0 Å². The lowest BCUT2D eigenvalue weighted by Crippen LogP contribution is -2.43. The van der Waals surface area contributed by atoms with E-state index in [1.807, 2.05) is 0 Å². The van der Waals surface area contributed by atoms with Crippen molar-refractivity contribution in [1.82, 2.24) is 9.55 Å². The van der Waals surface area contributed by atoms with Gasteiger partial charge in [0.15, 0.2) is 5.65 Å². The summed E-state index contributed by atoms with van der Waals surface area (Å²) in [5.74, 6) is -1.61. The van der Waals surface area contributed by atoms with Gasteiger partial charge in [0, 0.05) is 11.4 Å². The average molecular weight is 270 g/mol. The van der Waals surface area contributed by atoms with E-state index < -0.39 is 25.9 Å². The second-order valence-corrected chi connectivity index (χ2v) is 10.0. The number of hydrogen-bond donors (Lipinski definition) is 1. The van der Waals surface area contributed by atoms with Crippen LogP contribution in [0, 0.1) is 11.8 Å². The summed E-state index contributed by atoms with van der Waals surface area (Å²) in [6.45, 7) is 5.41. The van der Waals surface area contributed by atoms with Crippen molar-refractivity contribution in [3.05, 3.63) is 24.0 Å². The third-order valence-corrected chi connectivity index (χ3v) is 4.61. The summed E-state index contributed by atoms with van der Waals surface area (Å²) < 4.78 is 28.8. The lowest BCUT2D eigenvalue weighted by Gasteiger charge is -2.18. The van der Waals surface area contributed by atoms with E-state index in [1.165, 1.54) is 6.07 Å². The molecule has 0 aliphatic carbocycles. The first-order valence-electron chi connectivity index (χ1n) is 5.33. The van der Waals surface area contributed by atoms with E-state index in [9.17, 15) is 13.6 Å². The molecule has 0 bridgehead atoms. The minimum atomic E-state index is -2.23. The lowest BCUT2D eigenvalue weighted by atomic mass is 10.3. The van der Waals surface area contributed by atoms with Gasteiger partial charge in [-0.25, -0.2) is 18.7 Å². The van der Waals surface area contributed by atoms with Gasteiger partial charge in [0.2, 0.25) is 5.95 Å². The van der Waals surface area contributed by atoms with Crippen LogP contribution in [0.25, 0.3) is 11.0 Å². The van der Waals surface area contributed by atoms with Crippen LogP contribution in [-0.4, -0.2) is 28.8 Å². The molecule has 0 amide bonds. The van der Waals surface area contributed by atoms with Crippen molar-refractivity contribution in [2.45, 2.75) is 19.6 Å². The first-order valence-corrected chi connectivity index (χ1v) is 8.83. The molecule has 0 atom stereocenters. The summed E-state index contributed by atoms with van der Waals surface area (Å²) in [5.41, 5.74) is -0.209. The maximum atomic E-state index is 14.3. The van der Waals surface area contributed by atoms with Gasteiger partial charge in [-0.3, -0.25) is 0 Å². The van der Waals surface area contributed by atoms with Gasteiger partial charge >= 0.3 is 6.09 Å². The molecule has 0 saturated carbocycles. The van der Waals surface area contributed by atoms with E-state index in [0.717, 1.165) is 6.20 Å². The van der Waals surface area contributed by atoms with Crippen molar-refractivity contribution < 1.29 is 18.7 Å². The zero-order valence-electron chi connectivity index (χ0n) is 10.2. The lowest BCUT2D eigenvalue weighted by molar-refractivity contribution is 0.197. The van der Waals surface area contributed by atoms with Gasteiger partial charge in [-0.05, 0) is 6.07 Å². The van der Waals surface area contributed by atoms with E-state index in [4.69, 9.17) is 5.11 Å². The highest BCUT2D eigenvalue weighted by atomic mass is 28.3. The molecule has 0 radical (unpaired) electrons. The molecular weight excluding hydrogens is 258 g/mol. The van der Waals surface area contributed by atoms with E-state index >= 15 is 0 Å². The molecule has 0 fully saturated rings. The predicted octanol–water partition coefficient (Wildman–Crippen LogP) is 2.39. The molecule has 2 aromatic rings. The van der Waals surface area contributed by atoms with E-state index in [-0.39, 0.29) is 16.2 Å². The van der Waals surface area contributed by atoms with Crippen LogP contribution in [0.4, 0.5) is 13.6 Å². The molecule has 2 heterocycles. The molecule has 0 saturated heterocycles. The zero-order valence-corrected chi connectivity index (χ0v) is 11.2. The highest BCUT2D eigenvalue weighted by Gasteiger charge is 2.29. The fourth-order valence-electron chi connectivity index (χ4n) is 1.88. The quantitative estimate of drug-likeness (QED) is 0.639. The first-order chi connectivity index (χ1) is 8.23. The van der Waals surface area contributed by atoms with Crippen molar-refractivity contribution in [2.24, 2.45) is 0 Å². The Balaban J connectivity index is 2.85. The molecule has 2 rings (SSSR count). The van der Waals surface area contributed by atoms with Gasteiger partial charge < -0.3 is 5.11 Å². The van der Waals surface area contributed by atoms with Crippen molar-refractivity contribution >= 4 is 30.4 Å². The summed E-state index contributed by atoms with van der Waals surface area (Å²) in [7, 11) is -2.23. The van der Waals surface area contributed by atoms with Crippen LogP contribution in [0.3, 0.4) is 0 Å². The van der Waals surface area contributed by atoms with Crippen LogP contribution in [0.2, 0.25) is 19.6 Å². The van der Waals surface area contributed by atoms with E-state index in [0.29, 0.717) is 4.57 Å². The molecule has 0 unspecified atom stereocenters. The second-order valence-electron chi connectivity index (χ2n) is 5.05. The monoisotopic (exact) mass is 270 g/mol. The molecule has 2 aromatic heterocycles. The molecule has 0 aliphatic heterocycles. The number of carbonyl (C=O) groups is 1. The Bertz CT molecular complexity index is 647. The molecule has 18 heavy (non-hydrogen) atoms. The number of hydrogen-bond acceptors (Lipinski definition) is 2. The highest BCUT2D eigenvalue weighted by Crippen LogP contribution is 2.19. The Morgan fingerprint density at radius 1 is 1.39 bits per heavy atom. The largest absolute Gasteiger partial charge is 0.464 e. The molecular formula is C11H12F2N2O2Si. The topological polar surface area (TPSA) is 55.1 Å². The van der Waals surface area contributed by atoms with E-state index in [2.05, 4.69) is 4.98 Å². The smallest absolute Gasteiger partial charge is 0.417 e. The summed E-state index contributed by atoms with van der Waals surface area (Å²) in [4.78, 5) is 14.5. The molecule has 4 nitrogen and oxygen atoms in total. The highest BCUT2D eigenvalue weighted by molar-refractivity contribution is 6.88. The molecule has 1 N–H and O–H groups in total. The van der Waals surface area contributed by atoms with Crippen LogP contribution in [0.5, 0.6) is 0 Å². The minimum Gasteiger partial charge on any atom is -0.464 e. The molecule has 0 spiro atoms. The Kier molecular flexibility index (Phi) is 2.73. The third-order valence-electron chi connectivity index (χ3n) is 2.68. The van der Waals surface area contributed by atoms with Crippen molar-refractivity contribution in [2.75, 3.05) is 0 Å². The summed E-state index contributed by atoms with van der Waals surface area (Å²) in [6.07, 6.45) is -0.159. The number of pyridine rings is 1. The van der Waals surface area contributed by atoms with Gasteiger partial charge in [0.25, 0.3) is 0 Å². The van der Waals surface area contributed by atoms with Crippen molar-refractivity contribution in [3.63, 3.8) is 0 Å². The SMILES string of the molecule is C[Si](C)(C)c1c(F)nc2c(ccn2C(=O)O)c1F. The van der Waals surface area contributed by atoms with E-state index in [1.54, 1.807) is 19.6 Å². The fraction of sp³-hybridized carbons (Fsp3) is 0.273. The number of rotatable bonds is 1. The van der Waals surface area contributed by atoms with Gasteiger partial charge in [0.05, 0.1) is 13.5 Å². The normalized spacial score (nSPS) is 12.1. The number of nitrogens with zero attached hydrogens (tertiary/aromatic N) is 2. The Morgan fingerprint density at radius 3 is 2.50 bits per heavy atom. The maximum Gasteiger partial charge on any atom is 0.417 e. The Morgan fingerprint density at radius 2 is 2.00 bits per heavy atom. The third kappa shape index (κ3) is 1.80. The first kappa shape index (κ1) is 12.7. The van der Waals surface area contributed by atoms with Crippen LogP contribution in [-0.2, 0) is 0 Å². The number of halogens is 2. The summed E-state index contributed by atoms with van der Waals surface area (Å²) in [6, 6.07) is 1.30. The number of aromatic nitrogens is 2. The van der Waals surface area contributed by atoms with Crippen LogP contribution in [0.15, 0.2) is 12.3 Å².